The highest BCUT2D eigenvalue weighted by molar-refractivity contribution is 5.80. The van der Waals surface area contributed by atoms with Crippen molar-refractivity contribution >= 4 is 5.91 Å². The number of fused-ring (bicyclic) bond motifs is 2. The zero-order valence-corrected chi connectivity index (χ0v) is 10.7. The van der Waals surface area contributed by atoms with Gasteiger partial charge in [-0.1, -0.05) is 42.5 Å². The fraction of sp³-hybridized carbons (Fsp3) is 0.438. The summed E-state index contributed by atoms with van der Waals surface area (Å²) in [5.74, 6) is 1.56. The van der Waals surface area contributed by atoms with E-state index in [2.05, 4.69) is 36.5 Å². The quantitative estimate of drug-likeness (QED) is 0.810. The summed E-state index contributed by atoms with van der Waals surface area (Å²) in [7, 11) is 0. The lowest BCUT2D eigenvalue weighted by Crippen LogP contribution is -2.34. The molecular formula is C16H19NO. The molecule has 0 spiro atoms. The van der Waals surface area contributed by atoms with E-state index in [0.29, 0.717) is 11.8 Å². The molecule has 2 nitrogen and oxygen atoms in total. The Hall–Kier alpha value is -1.57. The van der Waals surface area contributed by atoms with E-state index in [-0.39, 0.29) is 17.9 Å². The minimum atomic E-state index is 0.0989. The van der Waals surface area contributed by atoms with Gasteiger partial charge in [-0.3, -0.25) is 4.79 Å². The molecule has 1 saturated carbocycles. The molecule has 4 unspecified atom stereocenters. The summed E-state index contributed by atoms with van der Waals surface area (Å²) < 4.78 is 0. The third-order valence-electron chi connectivity index (χ3n) is 4.27. The number of allylic oxidation sites excluding steroid dienone is 2. The predicted octanol–water partition coefficient (Wildman–Crippen LogP) is 3.08. The van der Waals surface area contributed by atoms with Crippen molar-refractivity contribution < 1.29 is 4.79 Å². The molecule has 1 fully saturated rings. The maximum atomic E-state index is 12.3. The Kier molecular flexibility index (Phi) is 2.94. The molecule has 3 rings (SSSR count). The largest absolute Gasteiger partial charge is 0.349 e. The number of carbonyl (C=O) groups is 1. The molecule has 1 aromatic rings. The van der Waals surface area contributed by atoms with Crippen molar-refractivity contribution in [3.63, 3.8) is 0 Å². The van der Waals surface area contributed by atoms with Crippen LogP contribution >= 0.6 is 0 Å². The highest BCUT2D eigenvalue weighted by Gasteiger charge is 2.39. The van der Waals surface area contributed by atoms with E-state index in [1.165, 1.54) is 12.0 Å². The van der Waals surface area contributed by atoms with Crippen LogP contribution in [0.5, 0.6) is 0 Å². The second-order valence-electron chi connectivity index (χ2n) is 5.53. The fourth-order valence-electron chi connectivity index (χ4n) is 3.23. The van der Waals surface area contributed by atoms with Gasteiger partial charge in [0.2, 0.25) is 5.91 Å². The molecule has 1 N–H and O–H groups in total. The summed E-state index contributed by atoms with van der Waals surface area (Å²) in [6, 6.07) is 10.2. The summed E-state index contributed by atoms with van der Waals surface area (Å²) in [4.78, 5) is 12.3. The normalized spacial score (nSPS) is 30.4. The van der Waals surface area contributed by atoms with Gasteiger partial charge in [-0.15, -0.1) is 0 Å². The van der Waals surface area contributed by atoms with Crippen molar-refractivity contribution in [2.75, 3.05) is 0 Å². The van der Waals surface area contributed by atoms with Gasteiger partial charge in [0, 0.05) is 5.92 Å². The Labute approximate surface area is 108 Å². The van der Waals surface area contributed by atoms with Crippen LogP contribution in [0.1, 0.15) is 31.4 Å². The molecule has 0 aromatic heterocycles. The van der Waals surface area contributed by atoms with Crippen LogP contribution in [-0.2, 0) is 4.79 Å². The average molecular weight is 241 g/mol. The van der Waals surface area contributed by atoms with Gasteiger partial charge in [-0.05, 0) is 37.2 Å². The zero-order valence-electron chi connectivity index (χ0n) is 10.7. The van der Waals surface area contributed by atoms with E-state index >= 15 is 0 Å². The topological polar surface area (TPSA) is 29.1 Å². The van der Waals surface area contributed by atoms with Crippen molar-refractivity contribution in [2.45, 2.75) is 25.8 Å². The lowest BCUT2D eigenvalue weighted by atomic mass is 9.92. The van der Waals surface area contributed by atoms with E-state index in [9.17, 15) is 4.79 Å². The van der Waals surface area contributed by atoms with Crippen LogP contribution in [-0.4, -0.2) is 5.91 Å². The molecule has 4 atom stereocenters. The Morgan fingerprint density at radius 2 is 2.00 bits per heavy atom. The SMILES string of the molecule is CC(NC(=O)C1CC2C=CC1C2)c1ccccc1. The van der Waals surface area contributed by atoms with Gasteiger partial charge < -0.3 is 5.32 Å². The monoisotopic (exact) mass is 241 g/mol. The molecule has 2 aliphatic rings. The third-order valence-corrected chi connectivity index (χ3v) is 4.27. The molecule has 0 aliphatic heterocycles. The predicted molar refractivity (Wildman–Crippen MR) is 71.8 cm³/mol. The van der Waals surface area contributed by atoms with Crippen molar-refractivity contribution in [2.24, 2.45) is 17.8 Å². The number of hydrogen-bond acceptors (Lipinski definition) is 1. The van der Waals surface area contributed by atoms with Crippen LogP contribution < -0.4 is 5.32 Å². The van der Waals surface area contributed by atoms with Gasteiger partial charge in [0.15, 0.2) is 0 Å². The van der Waals surface area contributed by atoms with E-state index in [4.69, 9.17) is 0 Å². The fourth-order valence-corrected chi connectivity index (χ4v) is 3.23. The number of benzene rings is 1. The van der Waals surface area contributed by atoms with Crippen LogP contribution in [0.2, 0.25) is 0 Å². The summed E-state index contributed by atoms with van der Waals surface area (Å²) >= 11 is 0. The first kappa shape index (κ1) is 11.5. The van der Waals surface area contributed by atoms with Gasteiger partial charge in [0.1, 0.15) is 0 Å². The van der Waals surface area contributed by atoms with E-state index < -0.39 is 0 Å². The lowest BCUT2D eigenvalue weighted by molar-refractivity contribution is -0.126. The maximum absolute atomic E-state index is 12.3. The second-order valence-corrected chi connectivity index (χ2v) is 5.53. The van der Waals surface area contributed by atoms with E-state index in [1.54, 1.807) is 0 Å². The molecule has 94 valence electrons. The van der Waals surface area contributed by atoms with Gasteiger partial charge in [0.25, 0.3) is 0 Å². The third kappa shape index (κ3) is 2.07. The Morgan fingerprint density at radius 1 is 1.22 bits per heavy atom. The van der Waals surface area contributed by atoms with Crippen molar-refractivity contribution in [3.8, 4) is 0 Å². The molecule has 18 heavy (non-hydrogen) atoms. The highest BCUT2D eigenvalue weighted by atomic mass is 16.2. The van der Waals surface area contributed by atoms with Gasteiger partial charge in [-0.2, -0.15) is 0 Å². The molecule has 1 amide bonds. The molecule has 0 radical (unpaired) electrons. The number of rotatable bonds is 3. The van der Waals surface area contributed by atoms with Crippen LogP contribution in [0.15, 0.2) is 42.5 Å². The smallest absolute Gasteiger partial charge is 0.224 e. The number of carbonyl (C=O) groups excluding carboxylic acids is 1. The Balaban J connectivity index is 1.63. The minimum Gasteiger partial charge on any atom is -0.349 e. The molecule has 2 bridgehead atoms. The summed E-state index contributed by atoms with van der Waals surface area (Å²) in [5, 5.41) is 3.15. The number of nitrogens with one attached hydrogen (secondary N) is 1. The van der Waals surface area contributed by atoms with Crippen molar-refractivity contribution in [3.05, 3.63) is 48.0 Å². The first-order valence-electron chi connectivity index (χ1n) is 6.77. The van der Waals surface area contributed by atoms with Gasteiger partial charge >= 0.3 is 0 Å². The first-order valence-corrected chi connectivity index (χ1v) is 6.77. The highest BCUT2D eigenvalue weighted by Crippen LogP contribution is 2.43. The molecule has 2 heteroatoms. The van der Waals surface area contributed by atoms with Crippen molar-refractivity contribution in [1.82, 2.24) is 5.32 Å². The molecule has 0 saturated heterocycles. The minimum absolute atomic E-state index is 0.0989. The second kappa shape index (κ2) is 4.60. The standard InChI is InChI=1S/C16H19NO/c1-11(13-5-3-2-4-6-13)17-16(18)15-10-12-7-8-14(15)9-12/h2-8,11-12,14-15H,9-10H2,1H3,(H,17,18). The molecule has 1 aromatic carbocycles. The van der Waals surface area contributed by atoms with Crippen LogP contribution in [0, 0.1) is 17.8 Å². The van der Waals surface area contributed by atoms with E-state index in [1.807, 2.05) is 18.2 Å². The molecule has 2 aliphatic carbocycles. The van der Waals surface area contributed by atoms with E-state index in [0.717, 1.165) is 6.42 Å². The zero-order chi connectivity index (χ0) is 12.5. The number of hydrogen-bond donors (Lipinski definition) is 1. The maximum Gasteiger partial charge on any atom is 0.224 e. The summed E-state index contributed by atoms with van der Waals surface area (Å²) in [6.07, 6.45) is 6.72. The Bertz CT molecular complexity index is 465. The van der Waals surface area contributed by atoms with Crippen LogP contribution in [0.25, 0.3) is 0 Å². The average Bonchev–Trinajstić information content (AvgIpc) is 3.02. The van der Waals surface area contributed by atoms with Crippen molar-refractivity contribution in [1.29, 1.82) is 0 Å². The first-order chi connectivity index (χ1) is 8.74. The number of amides is 1. The van der Waals surface area contributed by atoms with Gasteiger partial charge in [0.05, 0.1) is 6.04 Å². The summed E-state index contributed by atoms with van der Waals surface area (Å²) in [5.41, 5.74) is 1.17. The Morgan fingerprint density at radius 3 is 2.61 bits per heavy atom. The van der Waals surface area contributed by atoms with Crippen LogP contribution in [0.3, 0.4) is 0 Å². The van der Waals surface area contributed by atoms with Crippen LogP contribution in [0.4, 0.5) is 0 Å². The molecular weight excluding hydrogens is 222 g/mol. The summed E-state index contributed by atoms with van der Waals surface area (Å²) in [6.45, 7) is 2.05. The van der Waals surface area contributed by atoms with Gasteiger partial charge in [-0.25, -0.2) is 0 Å². The molecule has 0 heterocycles. The lowest BCUT2D eigenvalue weighted by Gasteiger charge is -2.21.